The molecule has 0 atom stereocenters. The van der Waals surface area contributed by atoms with Gasteiger partial charge in [0.1, 0.15) is 4.88 Å². The molecule has 0 unspecified atom stereocenters. The highest BCUT2D eigenvalue weighted by atomic mass is 35.5. The van der Waals surface area contributed by atoms with Crippen LogP contribution in [0.3, 0.4) is 0 Å². The van der Waals surface area contributed by atoms with E-state index in [0.29, 0.717) is 37.4 Å². The molecule has 0 radical (unpaired) electrons. The van der Waals surface area contributed by atoms with Gasteiger partial charge in [-0.15, -0.1) is 21.5 Å². The molecular formula is C23H14Cl2N6O2S. The average Bonchev–Trinajstić information content (AvgIpc) is 3.49. The van der Waals surface area contributed by atoms with Crippen molar-refractivity contribution in [3.63, 3.8) is 0 Å². The van der Waals surface area contributed by atoms with Gasteiger partial charge < -0.3 is 10.6 Å². The Hall–Kier alpha value is -3.79. The molecule has 2 amide bonds. The summed E-state index contributed by atoms with van der Waals surface area (Å²) in [6.07, 6.45) is 0. The molecule has 0 saturated heterocycles. The van der Waals surface area contributed by atoms with Crippen LogP contribution in [0.2, 0.25) is 10.0 Å². The van der Waals surface area contributed by atoms with Gasteiger partial charge in [-0.3, -0.25) is 9.59 Å². The number of hydrogen-bond acceptors (Lipinski definition) is 6. The monoisotopic (exact) mass is 508 g/mol. The van der Waals surface area contributed by atoms with Crippen LogP contribution in [0, 0.1) is 0 Å². The van der Waals surface area contributed by atoms with E-state index in [-0.39, 0.29) is 11.7 Å². The summed E-state index contributed by atoms with van der Waals surface area (Å²) in [7, 11) is 0. The van der Waals surface area contributed by atoms with Crippen molar-refractivity contribution in [2.45, 2.75) is 0 Å². The summed E-state index contributed by atoms with van der Waals surface area (Å²) < 4.78 is 0.895. The van der Waals surface area contributed by atoms with Crippen LogP contribution in [-0.2, 0) is 0 Å². The lowest BCUT2D eigenvalue weighted by molar-refractivity contribution is 0.101. The van der Waals surface area contributed by atoms with E-state index in [1.807, 2.05) is 24.3 Å². The summed E-state index contributed by atoms with van der Waals surface area (Å²) in [5.41, 5.74) is 1.73. The van der Waals surface area contributed by atoms with Gasteiger partial charge in [-0.2, -0.15) is 5.21 Å². The molecule has 0 spiro atoms. The fourth-order valence-electron chi connectivity index (χ4n) is 3.34. The molecule has 5 aromatic rings. The Labute approximate surface area is 206 Å². The van der Waals surface area contributed by atoms with Crippen molar-refractivity contribution in [2.75, 3.05) is 10.6 Å². The predicted octanol–water partition coefficient (Wildman–Crippen LogP) is 5.89. The minimum absolute atomic E-state index is 0.266. The molecule has 8 nitrogen and oxygen atoms in total. The zero-order valence-electron chi connectivity index (χ0n) is 17.2. The van der Waals surface area contributed by atoms with E-state index in [4.69, 9.17) is 23.2 Å². The Kier molecular flexibility index (Phi) is 5.97. The number of fused-ring (bicyclic) bond motifs is 1. The van der Waals surface area contributed by atoms with Crippen molar-refractivity contribution in [3.8, 4) is 11.4 Å². The second-order valence-electron chi connectivity index (χ2n) is 7.15. The molecule has 168 valence electrons. The highest BCUT2D eigenvalue weighted by molar-refractivity contribution is 7.21. The maximum atomic E-state index is 13.2. The van der Waals surface area contributed by atoms with Crippen molar-refractivity contribution >= 4 is 67.8 Å². The number of aromatic amines is 1. The standard InChI is InChI=1S/C23H14Cl2N6O2S/c24-13-6-8-14(9-7-13)26-22(32)12-5-10-15(21-28-30-31-29-21)17(11-12)27-23(33)20-19(25)16-3-1-2-4-18(16)34-20/h1-11H,(H,26,32)(H,27,33)(H,28,29,30,31). The predicted molar refractivity (Wildman–Crippen MR) is 134 cm³/mol. The molecule has 0 fully saturated rings. The summed E-state index contributed by atoms with van der Waals surface area (Å²) in [6.45, 7) is 0. The lowest BCUT2D eigenvalue weighted by Crippen LogP contribution is -2.15. The molecule has 0 aliphatic heterocycles. The van der Waals surface area contributed by atoms with Crippen LogP contribution in [0.1, 0.15) is 20.0 Å². The number of carbonyl (C=O) groups is 2. The van der Waals surface area contributed by atoms with Gasteiger partial charge in [0.05, 0.1) is 10.7 Å². The van der Waals surface area contributed by atoms with E-state index < -0.39 is 5.91 Å². The molecule has 3 N–H and O–H groups in total. The molecule has 2 aromatic heterocycles. The summed E-state index contributed by atoms with van der Waals surface area (Å²) in [6, 6.07) is 19.0. The second-order valence-corrected chi connectivity index (χ2v) is 9.02. The molecule has 2 heterocycles. The number of nitrogens with one attached hydrogen (secondary N) is 3. The van der Waals surface area contributed by atoms with Crippen LogP contribution in [0.25, 0.3) is 21.5 Å². The van der Waals surface area contributed by atoms with Gasteiger partial charge in [-0.1, -0.05) is 41.4 Å². The van der Waals surface area contributed by atoms with E-state index in [1.165, 1.54) is 11.3 Å². The Morgan fingerprint density at radius 1 is 0.912 bits per heavy atom. The number of carbonyl (C=O) groups excluding carboxylic acids is 2. The number of halogens is 2. The van der Waals surface area contributed by atoms with E-state index in [1.54, 1.807) is 42.5 Å². The van der Waals surface area contributed by atoms with E-state index in [9.17, 15) is 9.59 Å². The lowest BCUT2D eigenvalue weighted by Gasteiger charge is -2.11. The average molecular weight is 509 g/mol. The van der Waals surface area contributed by atoms with Crippen molar-refractivity contribution in [1.82, 2.24) is 20.6 Å². The molecule has 0 aliphatic carbocycles. The first-order chi connectivity index (χ1) is 16.5. The van der Waals surface area contributed by atoms with Crippen LogP contribution in [0.15, 0.2) is 66.7 Å². The molecular weight excluding hydrogens is 495 g/mol. The Bertz CT molecular complexity index is 1520. The molecule has 3 aromatic carbocycles. The first-order valence-electron chi connectivity index (χ1n) is 9.93. The molecule has 0 saturated carbocycles. The smallest absolute Gasteiger partial charge is 0.267 e. The number of aromatic nitrogens is 4. The van der Waals surface area contributed by atoms with Crippen LogP contribution in [0.5, 0.6) is 0 Å². The van der Waals surface area contributed by atoms with Gasteiger partial charge in [0.2, 0.25) is 5.82 Å². The van der Waals surface area contributed by atoms with Crippen molar-refractivity contribution in [2.24, 2.45) is 0 Å². The van der Waals surface area contributed by atoms with Gasteiger partial charge in [-0.05, 0) is 53.7 Å². The summed E-state index contributed by atoms with van der Waals surface area (Å²) in [4.78, 5) is 26.4. The number of rotatable bonds is 5. The highest BCUT2D eigenvalue weighted by Gasteiger charge is 2.20. The van der Waals surface area contributed by atoms with Crippen LogP contribution >= 0.6 is 34.5 Å². The third-order valence-corrected chi connectivity index (χ3v) is 6.89. The fraction of sp³-hybridized carbons (Fsp3) is 0. The molecule has 0 aliphatic rings. The Morgan fingerprint density at radius 2 is 1.71 bits per heavy atom. The number of amides is 2. The maximum absolute atomic E-state index is 13.2. The number of nitrogens with zero attached hydrogens (tertiary/aromatic N) is 3. The number of benzene rings is 3. The first-order valence-corrected chi connectivity index (χ1v) is 11.5. The minimum atomic E-state index is -0.411. The van der Waals surface area contributed by atoms with E-state index in [0.717, 1.165) is 10.1 Å². The normalized spacial score (nSPS) is 10.9. The number of H-pyrrole nitrogens is 1. The van der Waals surface area contributed by atoms with Gasteiger partial charge >= 0.3 is 0 Å². The second kappa shape index (κ2) is 9.22. The van der Waals surface area contributed by atoms with Crippen molar-refractivity contribution < 1.29 is 9.59 Å². The lowest BCUT2D eigenvalue weighted by atomic mass is 10.1. The minimum Gasteiger partial charge on any atom is -0.322 e. The van der Waals surface area contributed by atoms with Crippen LogP contribution < -0.4 is 10.6 Å². The van der Waals surface area contributed by atoms with Crippen LogP contribution in [0.4, 0.5) is 11.4 Å². The number of anilines is 2. The van der Waals surface area contributed by atoms with Gasteiger partial charge in [0, 0.05) is 31.9 Å². The SMILES string of the molecule is O=C(Nc1ccc(Cl)cc1)c1ccc(-c2nn[nH]n2)c(NC(=O)c2sc3ccccc3c2Cl)c1. The number of thiophene rings is 1. The quantitative estimate of drug-likeness (QED) is 0.273. The first kappa shape index (κ1) is 22.0. The molecule has 0 bridgehead atoms. The highest BCUT2D eigenvalue weighted by Crippen LogP contribution is 2.36. The summed E-state index contributed by atoms with van der Waals surface area (Å²) >= 11 is 13.7. The van der Waals surface area contributed by atoms with E-state index >= 15 is 0 Å². The van der Waals surface area contributed by atoms with E-state index in [2.05, 4.69) is 31.3 Å². The Balaban J connectivity index is 1.48. The topological polar surface area (TPSA) is 113 Å². The third-order valence-electron chi connectivity index (χ3n) is 4.96. The summed E-state index contributed by atoms with van der Waals surface area (Å²) in [5.74, 6) is -0.508. The largest absolute Gasteiger partial charge is 0.322 e. The number of tetrazole rings is 1. The molecule has 5 rings (SSSR count). The zero-order valence-corrected chi connectivity index (χ0v) is 19.5. The molecule has 34 heavy (non-hydrogen) atoms. The molecule has 11 heteroatoms. The van der Waals surface area contributed by atoms with Gasteiger partial charge in [-0.25, -0.2) is 0 Å². The van der Waals surface area contributed by atoms with Crippen molar-refractivity contribution in [1.29, 1.82) is 0 Å². The van der Waals surface area contributed by atoms with Crippen molar-refractivity contribution in [3.05, 3.63) is 87.2 Å². The Morgan fingerprint density at radius 3 is 2.44 bits per heavy atom. The third kappa shape index (κ3) is 4.36. The van der Waals surface area contributed by atoms with Gasteiger partial charge in [0.15, 0.2) is 0 Å². The fourth-order valence-corrected chi connectivity index (χ4v) is 4.87. The van der Waals surface area contributed by atoms with Gasteiger partial charge in [0.25, 0.3) is 11.8 Å². The zero-order chi connectivity index (χ0) is 23.7. The van der Waals surface area contributed by atoms with Crippen LogP contribution in [-0.4, -0.2) is 32.4 Å². The number of hydrogen-bond donors (Lipinski definition) is 3. The summed E-state index contributed by atoms with van der Waals surface area (Å²) in [5, 5.41) is 21.3. The maximum Gasteiger partial charge on any atom is 0.267 e.